The van der Waals surface area contributed by atoms with Crippen molar-refractivity contribution in [2.75, 3.05) is 13.7 Å². The summed E-state index contributed by atoms with van der Waals surface area (Å²) in [5.41, 5.74) is -0.871. The van der Waals surface area contributed by atoms with Crippen molar-refractivity contribution in [2.24, 2.45) is 11.8 Å². The molecule has 3 saturated heterocycles. The second kappa shape index (κ2) is 9.90. The molecule has 3 unspecified atom stereocenters. The molecule has 0 saturated carbocycles. The summed E-state index contributed by atoms with van der Waals surface area (Å²) in [6.07, 6.45) is 3.89. The van der Waals surface area contributed by atoms with Crippen molar-refractivity contribution >= 4 is 17.7 Å². The lowest BCUT2D eigenvalue weighted by Crippen LogP contribution is -2.59. The minimum absolute atomic E-state index is 0.0601. The molecule has 1 spiro atoms. The summed E-state index contributed by atoms with van der Waals surface area (Å²) < 4.78 is 6.71. The second-order valence-electron chi connectivity index (χ2n) is 10.4. The lowest BCUT2D eigenvalue weighted by Gasteiger charge is -2.38. The highest BCUT2D eigenvalue weighted by molar-refractivity contribution is 5.99. The van der Waals surface area contributed by atoms with Gasteiger partial charge in [-0.05, 0) is 44.6 Å². The molecule has 0 radical (unpaired) electrons. The first kappa shape index (κ1) is 25.6. The number of carbonyl (C=O) groups is 3. The highest BCUT2D eigenvalue weighted by Crippen LogP contribution is 2.64. The van der Waals surface area contributed by atoms with Crippen molar-refractivity contribution in [1.29, 1.82) is 0 Å². The number of aliphatic hydroxyl groups is 1. The molecule has 0 aliphatic carbocycles. The number of likely N-dealkylation sites (tertiary alicyclic amines) is 1. The average molecular weight is 486 g/mol. The topological polar surface area (TPSA) is 108 Å². The van der Waals surface area contributed by atoms with E-state index < -0.39 is 35.1 Å². The number of ether oxygens (including phenoxy) is 1. The molecule has 0 aromatic heterocycles. The number of amides is 3. The third-order valence-electron chi connectivity index (χ3n) is 8.42. The van der Waals surface area contributed by atoms with Gasteiger partial charge < -0.3 is 25.4 Å². The minimum Gasteiger partial charge on any atom is -0.394 e. The minimum atomic E-state index is -1.08. The van der Waals surface area contributed by atoms with Crippen LogP contribution in [0.25, 0.3) is 0 Å². The van der Waals surface area contributed by atoms with Gasteiger partial charge in [-0.25, -0.2) is 0 Å². The van der Waals surface area contributed by atoms with Gasteiger partial charge in [0.2, 0.25) is 17.7 Å². The van der Waals surface area contributed by atoms with Crippen LogP contribution in [0.15, 0.2) is 30.3 Å². The van der Waals surface area contributed by atoms with Gasteiger partial charge in [0.05, 0.1) is 30.1 Å². The lowest BCUT2D eigenvalue weighted by atomic mass is 9.65. The Kier molecular flexibility index (Phi) is 7.25. The maximum absolute atomic E-state index is 14.2. The fourth-order valence-corrected chi connectivity index (χ4v) is 6.87. The summed E-state index contributed by atoms with van der Waals surface area (Å²) in [7, 11) is 1.57. The zero-order valence-corrected chi connectivity index (χ0v) is 21.3. The Morgan fingerprint density at radius 2 is 1.91 bits per heavy atom. The van der Waals surface area contributed by atoms with Crippen LogP contribution >= 0.6 is 0 Å². The Balaban J connectivity index is 1.77. The molecule has 7 atom stereocenters. The third kappa shape index (κ3) is 4.04. The van der Waals surface area contributed by atoms with Gasteiger partial charge in [0.15, 0.2) is 0 Å². The molecule has 3 amide bonds. The number of nitrogens with one attached hydrogen (secondary N) is 2. The zero-order valence-electron chi connectivity index (χ0n) is 21.3. The molecule has 3 heterocycles. The number of hydrogen-bond donors (Lipinski definition) is 3. The molecule has 3 fully saturated rings. The molecular weight excluding hydrogens is 446 g/mol. The molecule has 4 rings (SSSR count). The van der Waals surface area contributed by atoms with Crippen LogP contribution in [0, 0.1) is 11.8 Å². The van der Waals surface area contributed by atoms with Crippen LogP contribution in [0.4, 0.5) is 0 Å². The van der Waals surface area contributed by atoms with Gasteiger partial charge >= 0.3 is 0 Å². The van der Waals surface area contributed by atoms with E-state index in [1.807, 2.05) is 44.2 Å². The molecule has 3 aliphatic heterocycles. The van der Waals surface area contributed by atoms with Crippen LogP contribution in [0.3, 0.4) is 0 Å². The highest BCUT2D eigenvalue weighted by atomic mass is 16.5. The SMILES string of the molecule is CCCC(C)NC(=O)C1N([C@@H](CO)Cc2ccccc2)C(=O)[C@@H]2[C@H](C(=O)NC)[C@]3(CC)CCC12O3. The lowest BCUT2D eigenvalue weighted by molar-refractivity contribution is -0.151. The van der Waals surface area contributed by atoms with Gasteiger partial charge in [-0.3, -0.25) is 14.4 Å². The molecular formula is C27H39N3O5. The third-order valence-corrected chi connectivity index (χ3v) is 8.42. The van der Waals surface area contributed by atoms with Crippen LogP contribution < -0.4 is 10.6 Å². The summed E-state index contributed by atoms with van der Waals surface area (Å²) >= 11 is 0. The molecule has 8 heteroatoms. The second-order valence-corrected chi connectivity index (χ2v) is 10.4. The molecule has 2 bridgehead atoms. The van der Waals surface area contributed by atoms with Crippen molar-refractivity contribution in [1.82, 2.24) is 15.5 Å². The predicted octanol–water partition coefficient (Wildman–Crippen LogP) is 1.80. The normalized spacial score (nSPS) is 32.9. The average Bonchev–Trinajstić information content (AvgIpc) is 3.46. The summed E-state index contributed by atoms with van der Waals surface area (Å²) in [6.45, 7) is 5.70. The predicted molar refractivity (Wildman–Crippen MR) is 131 cm³/mol. The first-order valence-electron chi connectivity index (χ1n) is 13.0. The van der Waals surface area contributed by atoms with Crippen molar-refractivity contribution in [3.63, 3.8) is 0 Å². The molecule has 3 aliphatic rings. The van der Waals surface area contributed by atoms with Crippen LogP contribution in [-0.2, 0) is 25.5 Å². The number of hydrogen-bond acceptors (Lipinski definition) is 5. The standard InChI is InChI=1S/C27H39N3O5/c1-5-10-17(3)29-24(33)22-27-14-13-26(6-2,35-27)20(23(32)28-4)21(27)25(34)30(22)19(16-31)15-18-11-8-7-9-12-18/h7-9,11-12,17,19-22,31H,5-6,10,13-16H2,1-4H3,(H,28,32)(H,29,33)/t17?,19-,20-,21+,22?,26+,27?/m1/s1. The zero-order chi connectivity index (χ0) is 25.4. The van der Waals surface area contributed by atoms with E-state index in [4.69, 9.17) is 4.74 Å². The van der Waals surface area contributed by atoms with Crippen molar-refractivity contribution in [2.45, 2.75) is 88.6 Å². The van der Waals surface area contributed by atoms with E-state index >= 15 is 0 Å². The smallest absolute Gasteiger partial charge is 0.246 e. The Hall–Kier alpha value is -2.45. The van der Waals surface area contributed by atoms with E-state index in [2.05, 4.69) is 17.6 Å². The monoisotopic (exact) mass is 485 g/mol. The Morgan fingerprint density at radius 3 is 2.51 bits per heavy atom. The van der Waals surface area contributed by atoms with E-state index in [9.17, 15) is 19.5 Å². The fraction of sp³-hybridized carbons (Fsp3) is 0.667. The van der Waals surface area contributed by atoms with E-state index in [1.54, 1.807) is 11.9 Å². The van der Waals surface area contributed by atoms with E-state index in [-0.39, 0.29) is 30.4 Å². The summed E-state index contributed by atoms with van der Waals surface area (Å²) in [5.74, 6) is -2.18. The van der Waals surface area contributed by atoms with Crippen molar-refractivity contribution in [3.8, 4) is 0 Å². The first-order valence-corrected chi connectivity index (χ1v) is 13.0. The maximum Gasteiger partial charge on any atom is 0.246 e. The molecule has 1 aromatic carbocycles. The summed E-state index contributed by atoms with van der Waals surface area (Å²) in [4.78, 5) is 42.7. The van der Waals surface area contributed by atoms with Gasteiger partial charge in [0.25, 0.3) is 0 Å². The summed E-state index contributed by atoms with van der Waals surface area (Å²) in [6, 6.07) is 8.07. The molecule has 3 N–H and O–H groups in total. The molecule has 1 aromatic rings. The Bertz CT molecular complexity index is 955. The molecule has 8 nitrogen and oxygen atoms in total. The number of benzene rings is 1. The van der Waals surface area contributed by atoms with Crippen LogP contribution in [0.2, 0.25) is 0 Å². The highest BCUT2D eigenvalue weighted by Gasteiger charge is 2.79. The molecule has 35 heavy (non-hydrogen) atoms. The van der Waals surface area contributed by atoms with E-state index in [0.717, 1.165) is 18.4 Å². The van der Waals surface area contributed by atoms with E-state index in [1.165, 1.54) is 0 Å². The number of rotatable bonds is 10. The largest absolute Gasteiger partial charge is 0.394 e. The van der Waals surface area contributed by atoms with Gasteiger partial charge in [-0.2, -0.15) is 0 Å². The molecule has 192 valence electrons. The van der Waals surface area contributed by atoms with Crippen LogP contribution in [-0.4, -0.2) is 70.7 Å². The van der Waals surface area contributed by atoms with Gasteiger partial charge in [0, 0.05) is 13.1 Å². The van der Waals surface area contributed by atoms with Crippen LogP contribution in [0.1, 0.15) is 58.4 Å². The number of carbonyl (C=O) groups excluding carboxylic acids is 3. The Morgan fingerprint density at radius 1 is 1.20 bits per heavy atom. The first-order chi connectivity index (χ1) is 16.8. The van der Waals surface area contributed by atoms with Gasteiger partial charge in [-0.1, -0.05) is 50.6 Å². The fourth-order valence-electron chi connectivity index (χ4n) is 6.87. The maximum atomic E-state index is 14.2. The van der Waals surface area contributed by atoms with Crippen molar-refractivity contribution in [3.05, 3.63) is 35.9 Å². The quantitative estimate of drug-likeness (QED) is 0.468. The number of aliphatic hydroxyl groups excluding tert-OH is 1. The van der Waals surface area contributed by atoms with Gasteiger partial charge in [0.1, 0.15) is 11.6 Å². The van der Waals surface area contributed by atoms with Crippen LogP contribution in [0.5, 0.6) is 0 Å². The van der Waals surface area contributed by atoms with E-state index in [0.29, 0.717) is 25.7 Å². The Labute approximate surface area is 207 Å². The number of fused-ring (bicyclic) bond motifs is 1. The number of nitrogens with zero attached hydrogens (tertiary/aromatic N) is 1. The van der Waals surface area contributed by atoms with Crippen molar-refractivity contribution < 1.29 is 24.2 Å². The van der Waals surface area contributed by atoms with Gasteiger partial charge in [-0.15, -0.1) is 0 Å². The summed E-state index contributed by atoms with van der Waals surface area (Å²) in [5, 5.41) is 16.3.